The third-order valence-electron chi connectivity index (χ3n) is 2.85. The number of rotatable bonds is 3. The summed E-state index contributed by atoms with van der Waals surface area (Å²) in [5.41, 5.74) is 6.36. The summed E-state index contributed by atoms with van der Waals surface area (Å²) < 4.78 is 18.3. The van der Waals surface area contributed by atoms with Gasteiger partial charge in [-0.1, -0.05) is 6.07 Å². The molecule has 0 saturated carbocycles. The molecule has 0 saturated heterocycles. The van der Waals surface area contributed by atoms with E-state index >= 15 is 0 Å². The second kappa shape index (κ2) is 5.92. The molecule has 0 fully saturated rings. The van der Waals surface area contributed by atoms with Crippen LogP contribution in [-0.2, 0) is 0 Å². The number of benzene rings is 2. The molecule has 106 valence electrons. The largest absolute Gasteiger partial charge is 0.496 e. The first-order valence-electron chi connectivity index (χ1n) is 6.00. The summed E-state index contributed by atoms with van der Waals surface area (Å²) in [7, 11) is 1.43. The number of amides is 1. The van der Waals surface area contributed by atoms with Crippen molar-refractivity contribution >= 4 is 17.3 Å². The molecule has 0 atom stereocenters. The van der Waals surface area contributed by atoms with Gasteiger partial charge in [-0.25, -0.2) is 4.39 Å². The van der Waals surface area contributed by atoms with E-state index in [9.17, 15) is 9.18 Å². The highest BCUT2D eigenvalue weighted by Gasteiger charge is 2.16. The normalized spacial score (nSPS) is 9.76. The lowest BCUT2D eigenvalue weighted by atomic mass is 10.1. The zero-order valence-corrected chi connectivity index (χ0v) is 11.2. The number of nitrogens with one attached hydrogen (secondary N) is 1. The Labute approximate surface area is 120 Å². The van der Waals surface area contributed by atoms with Crippen molar-refractivity contribution in [2.45, 2.75) is 0 Å². The number of carbonyl (C=O) groups excluding carboxylic acids is 1. The van der Waals surface area contributed by atoms with Crippen LogP contribution >= 0.6 is 0 Å². The molecule has 0 radical (unpaired) electrons. The monoisotopic (exact) mass is 285 g/mol. The molecule has 0 heterocycles. The molecule has 0 unspecified atom stereocenters. The van der Waals surface area contributed by atoms with E-state index in [-0.39, 0.29) is 16.8 Å². The predicted molar refractivity (Wildman–Crippen MR) is 76.5 cm³/mol. The fourth-order valence-corrected chi connectivity index (χ4v) is 1.84. The summed E-state index contributed by atoms with van der Waals surface area (Å²) in [6.45, 7) is 0. The standard InChI is InChI=1S/C15H12FN3O2/c1-21-13-4-2-3-12(18)14(13)15(20)19-10-5-6-11(16)9(7-10)8-17/h2-7H,18H2,1H3,(H,19,20). The summed E-state index contributed by atoms with van der Waals surface area (Å²) in [5, 5.41) is 11.3. The minimum absolute atomic E-state index is 0.152. The third kappa shape index (κ3) is 2.92. The van der Waals surface area contributed by atoms with Crippen molar-refractivity contribution < 1.29 is 13.9 Å². The van der Waals surface area contributed by atoms with Gasteiger partial charge in [0.15, 0.2) is 0 Å². The second-order valence-corrected chi connectivity index (χ2v) is 4.19. The molecular formula is C15H12FN3O2. The molecule has 2 rings (SSSR count). The van der Waals surface area contributed by atoms with Crippen LogP contribution in [0.15, 0.2) is 36.4 Å². The van der Waals surface area contributed by atoms with E-state index in [1.165, 1.54) is 19.2 Å². The molecule has 0 aliphatic rings. The van der Waals surface area contributed by atoms with Crippen LogP contribution in [0.3, 0.4) is 0 Å². The van der Waals surface area contributed by atoms with E-state index < -0.39 is 11.7 Å². The van der Waals surface area contributed by atoms with Crippen LogP contribution in [0.5, 0.6) is 5.75 Å². The number of nitrogen functional groups attached to an aromatic ring is 1. The minimum Gasteiger partial charge on any atom is -0.496 e. The van der Waals surface area contributed by atoms with E-state index in [0.717, 1.165) is 6.07 Å². The molecule has 21 heavy (non-hydrogen) atoms. The predicted octanol–water partition coefficient (Wildman–Crippen LogP) is 2.54. The van der Waals surface area contributed by atoms with Gasteiger partial charge in [0.25, 0.3) is 5.91 Å². The van der Waals surface area contributed by atoms with E-state index in [1.807, 2.05) is 0 Å². The highest BCUT2D eigenvalue weighted by molar-refractivity contribution is 6.09. The Morgan fingerprint density at radius 3 is 2.81 bits per heavy atom. The highest BCUT2D eigenvalue weighted by Crippen LogP contribution is 2.25. The summed E-state index contributed by atoms with van der Waals surface area (Å²) in [6, 6.07) is 10.3. The summed E-state index contributed by atoms with van der Waals surface area (Å²) in [5.74, 6) is -0.817. The molecule has 6 heteroatoms. The Morgan fingerprint density at radius 2 is 2.14 bits per heavy atom. The van der Waals surface area contributed by atoms with E-state index in [2.05, 4.69) is 5.32 Å². The first kappa shape index (κ1) is 14.3. The number of nitrogens with zero attached hydrogens (tertiary/aromatic N) is 1. The van der Waals surface area contributed by atoms with Crippen LogP contribution in [0.25, 0.3) is 0 Å². The molecule has 0 aliphatic heterocycles. The van der Waals surface area contributed by atoms with Crippen LogP contribution < -0.4 is 15.8 Å². The maximum atomic E-state index is 13.2. The van der Waals surface area contributed by atoms with Gasteiger partial charge in [-0.3, -0.25) is 4.79 Å². The van der Waals surface area contributed by atoms with Crippen molar-refractivity contribution in [1.29, 1.82) is 5.26 Å². The van der Waals surface area contributed by atoms with Gasteiger partial charge < -0.3 is 15.8 Å². The number of hydrogen-bond acceptors (Lipinski definition) is 4. The lowest BCUT2D eigenvalue weighted by Crippen LogP contribution is -2.15. The number of carbonyl (C=O) groups is 1. The Balaban J connectivity index is 2.33. The SMILES string of the molecule is COc1cccc(N)c1C(=O)Nc1ccc(F)c(C#N)c1. The van der Waals surface area contributed by atoms with Crippen LogP contribution in [0.4, 0.5) is 15.8 Å². The van der Waals surface area contributed by atoms with Crippen LogP contribution in [0.1, 0.15) is 15.9 Å². The minimum atomic E-state index is -0.646. The second-order valence-electron chi connectivity index (χ2n) is 4.19. The lowest BCUT2D eigenvalue weighted by molar-refractivity contribution is 0.102. The number of anilines is 2. The summed E-state index contributed by atoms with van der Waals surface area (Å²) in [6.07, 6.45) is 0. The maximum absolute atomic E-state index is 13.2. The Bertz CT molecular complexity index is 738. The number of methoxy groups -OCH3 is 1. The Morgan fingerprint density at radius 1 is 1.38 bits per heavy atom. The molecule has 0 bridgehead atoms. The van der Waals surface area contributed by atoms with Gasteiger partial charge >= 0.3 is 0 Å². The van der Waals surface area contributed by atoms with Crippen molar-refractivity contribution in [2.24, 2.45) is 0 Å². The van der Waals surface area contributed by atoms with E-state index in [4.69, 9.17) is 15.7 Å². The summed E-state index contributed by atoms with van der Waals surface area (Å²) in [4.78, 5) is 12.3. The van der Waals surface area contributed by atoms with Crippen LogP contribution in [0.2, 0.25) is 0 Å². The maximum Gasteiger partial charge on any atom is 0.261 e. The van der Waals surface area contributed by atoms with Gasteiger partial charge in [-0.2, -0.15) is 5.26 Å². The topological polar surface area (TPSA) is 88.1 Å². The number of nitrogens with two attached hydrogens (primary N) is 1. The molecule has 5 nitrogen and oxygen atoms in total. The molecular weight excluding hydrogens is 273 g/mol. The van der Waals surface area contributed by atoms with Crippen LogP contribution in [0, 0.1) is 17.1 Å². The number of hydrogen-bond donors (Lipinski definition) is 2. The van der Waals surface area contributed by atoms with Gasteiger partial charge in [-0.05, 0) is 30.3 Å². The molecule has 2 aromatic carbocycles. The smallest absolute Gasteiger partial charge is 0.261 e. The van der Waals surface area contributed by atoms with E-state index in [1.54, 1.807) is 24.3 Å². The van der Waals surface area contributed by atoms with Crippen molar-refractivity contribution in [3.05, 3.63) is 53.3 Å². The first-order chi connectivity index (χ1) is 10.1. The third-order valence-corrected chi connectivity index (χ3v) is 2.85. The molecule has 2 aromatic rings. The number of ether oxygens (including phenoxy) is 1. The number of halogens is 1. The van der Waals surface area contributed by atoms with Gasteiger partial charge in [0, 0.05) is 11.4 Å². The van der Waals surface area contributed by atoms with Gasteiger partial charge in [0.05, 0.1) is 12.7 Å². The van der Waals surface area contributed by atoms with Gasteiger partial charge in [-0.15, -0.1) is 0 Å². The Hall–Kier alpha value is -3.07. The van der Waals surface area contributed by atoms with Crippen molar-refractivity contribution in [3.63, 3.8) is 0 Å². The molecule has 3 N–H and O–H groups in total. The van der Waals surface area contributed by atoms with Crippen LogP contribution in [-0.4, -0.2) is 13.0 Å². The lowest BCUT2D eigenvalue weighted by Gasteiger charge is -2.11. The highest BCUT2D eigenvalue weighted by atomic mass is 19.1. The van der Waals surface area contributed by atoms with Crippen molar-refractivity contribution in [2.75, 3.05) is 18.2 Å². The first-order valence-corrected chi connectivity index (χ1v) is 6.00. The van der Waals surface area contributed by atoms with Crippen molar-refractivity contribution in [1.82, 2.24) is 0 Å². The quantitative estimate of drug-likeness (QED) is 0.848. The zero-order chi connectivity index (χ0) is 15.4. The van der Waals surface area contributed by atoms with E-state index in [0.29, 0.717) is 11.4 Å². The zero-order valence-electron chi connectivity index (χ0n) is 11.2. The molecule has 0 aromatic heterocycles. The summed E-state index contributed by atoms with van der Waals surface area (Å²) >= 11 is 0. The van der Waals surface area contributed by atoms with Gasteiger partial charge in [0.2, 0.25) is 0 Å². The Kier molecular flexibility index (Phi) is 4.05. The van der Waals surface area contributed by atoms with Crippen molar-refractivity contribution in [3.8, 4) is 11.8 Å². The fraction of sp³-hybridized carbons (Fsp3) is 0.0667. The average Bonchev–Trinajstić information content (AvgIpc) is 2.48. The molecule has 0 aliphatic carbocycles. The number of nitriles is 1. The molecule has 1 amide bonds. The molecule has 0 spiro atoms. The van der Waals surface area contributed by atoms with Gasteiger partial charge in [0.1, 0.15) is 23.2 Å². The fourth-order valence-electron chi connectivity index (χ4n) is 1.84. The average molecular weight is 285 g/mol.